The highest BCUT2D eigenvalue weighted by molar-refractivity contribution is 5.57. The van der Waals surface area contributed by atoms with Gasteiger partial charge in [-0.1, -0.05) is 0 Å². The lowest BCUT2D eigenvalue weighted by molar-refractivity contribution is 0.332. The van der Waals surface area contributed by atoms with E-state index in [0.717, 1.165) is 43.0 Å². The van der Waals surface area contributed by atoms with E-state index in [9.17, 15) is 4.79 Å². The third-order valence-electron chi connectivity index (χ3n) is 5.63. The quantitative estimate of drug-likeness (QED) is 0.696. The van der Waals surface area contributed by atoms with E-state index in [-0.39, 0.29) is 5.56 Å². The molecule has 1 aliphatic carbocycles. The second-order valence-electron chi connectivity index (χ2n) is 7.58. The van der Waals surface area contributed by atoms with Gasteiger partial charge in [0.15, 0.2) is 0 Å². The van der Waals surface area contributed by atoms with Gasteiger partial charge in [-0.3, -0.25) is 9.78 Å². The van der Waals surface area contributed by atoms with Crippen LogP contribution in [0.5, 0.6) is 0 Å². The average molecular weight is 374 g/mol. The van der Waals surface area contributed by atoms with Crippen LogP contribution in [0, 0.1) is 5.92 Å². The van der Waals surface area contributed by atoms with Crippen LogP contribution in [-0.2, 0) is 19.4 Å². The van der Waals surface area contributed by atoms with Crippen LogP contribution in [0.15, 0.2) is 47.8 Å². The third kappa shape index (κ3) is 3.17. The lowest BCUT2D eigenvalue weighted by atomic mass is 9.93. The van der Waals surface area contributed by atoms with E-state index < -0.39 is 0 Å². The number of aryl methyl sites for hydroxylation is 1. The maximum Gasteiger partial charge on any atom is 0.266 e. The largest absolute Gasteiger partial charge is 0.355 e. The lowest BCUT2D eigenvalue weighted by Crippen LogP contribution is -2.50. The maximum atomic E-state index is 12.3. The number of aromatic nitrogens is 5. The highest BCUT2D eigenvalue weighted by atomic mass is 16.1. The van der Waals surface area contributed by atoms with Gasteiger partial charge in [-0.2, -0.15) is 5.10 Å². The fraction of sp³-hybridized carbons (Fsp3) is 0.381. The maximum absolute atomic E-state index is 12.3. The molecule has 2 aliphatic rings. The monoisotopic (exact) mass is 374 g/mol. The molecule has 3 aromatic rings. The molecule has 0 saturated carbocycles. The molecule has 3 aromatic heterocycles. The first-order valence-electron chi connectivity index (χ1n) is 9.84. The van der Waals surface area contributed by atoms with Gasteiger partial charge in [0.1, 0.15) is 12.1 Å². The van der Waals surface area contributed by atoms with Crippen molar-refractivity contribution in [2.75, 3.05) is 18.0 Å². The number of pyridine rings is 1. The van der Waals surface area contributed by atoms with Gasteiger partial charge in [-0.15, -0.1) is 0 Å². The summed E-state index contributed by atoms with van der Waals surface area (Å²) in [7, 11) is 0. The molecule has 0 aromatic carbocycles. The Labute approximate surface area is 163 Å². The first-order valence-corrected chi connectivity index (χ1v) is 9.84. The van der Waals surface area contributed by atoms with Crippen LogP contribution in [0.25, 0.3) is 11.3 Å². The summed E-state index contributed by atoms with van der Waals surface area (Å²) in [6.45, 7) is 2.43. The molecule has 1 aliphatic heterocycles. The lowest BCUT2D eigenvalue weighted by Gasteiger charge is -2.41. The Bertz CT molecular complexity index is 1040. The molecule has 0 radical (unpaired) electrons. The summed E-state index contributed by atoms with van der Waals surface area (Å²) in [5.74, 6) is 1.49. The van der Waals surface area contributed by atoms with Crippen LogP contribution in [0.4, 0.5) is 5.82 Å². The molecule has 0 unspecified atom stereocenters. The van der Waals surface area contributed by atoms with Crippen molar-refractivity contribution in [3.8, 4) is 11.3 Å². The molecule has 4 heterocycles. The first-order chi connectivity index (χ1) is 13.8. The van der Waals surface area contributed by atoms with E-state index in [1.807, 2.05) is 12.1 Å². The fourth-order valence-electron chi connectivity index (χ4n) is 4.14. The molecule has 0 atom stereocenters. The minimum absolute atomic E-state index is 0.0596. The Morgan fingerprint density at radius 1 is 1.00 bits per heavy atom. The molecule has 0 spiro atoms. The fourth-order valence-corrected chi connectivity index (χ4v) is 4.14. The van der Waals surface area contributed by atoms with Crippen LogP contribution in [-0.4, -0.2) is 37.8 Å². The normalized spacial score (nSPS) is 16.5. The van der Waals surface area contributed by atoms with Gasteiger partial charge in [0.05, 0.1) is 12.2 Å². The Kier molecular flexibility index (Phi) is 4.35. The summed E-state index contributed by atoms with van der Waals surface area (Å²) in [6, 6.07) is 7.18. The average Bonchev–Trinajstić information content (AvgIpc) is 2.72. The third-order valence-corrected chi connectivity index (χ3v) is 5.63. The molecule has 0 bridgehead atoms. The summed E-state index contributed by atoms with van der Waals surface area (Å²) in [5, 5.41) is 4.56. The zero-order valence-electron chi connectivity index (χ0n) is 15.7. The van der Waals surface area contributed by atoms with Crippen LogP contribution in [0.2, 0.25) is 0 Å². The molecule has 5 rings (SSSR count). The first kappa shape index (κ1) is 17.0. The van der Waals surface area contributed by atoms with Gasteiger partial charge < -0.3 is 4.90 Å². The molecular weight excluding hydrogens is 352 g/mol. The molecule has 0 N–H and O–H groups in total. The van der Waals surface area contributed by atoms with Crippen LogP contribution >= 0.6 is 0 Å². The highest BCUT2D eigenvalue weighted by Crippen LogP contribution is 2.31. The summed E-state index contributed by atoms with van der Waals surface area (Å²) >= 11 is 0. The molecule has 1 fully saturated rings. The standard InChI is InChI=1S/C21H22N6O/c28-20-6-5-18(16-7-9-22-10-8-16)25-27(20)13-15-11-26(12-15)21-17-3-1-2-4-19(17)23-14-24-21/h5-10,14-15H,1-4,11-13H2. The SMILES string of the molecule is O=c1ccc(-c2ccncc2)nn1CC1CN(c2ncnc3c2CCCC3)C1. The Hall–Kier alpha value is -3.09. The molecule has 1 saturated heterocycles. The Morgan fingerprint density at radius 3 is 2.68 bits per heavy atom. The van der Waals surface area contributed by atoms with Crippen molar-refractivity contribution in [2.24, 2.45) is 5.92 Å². The predicted molar refractivity (Wildman–Crippen MR) is 106 cm³/mol. The number of hydrogen-bond donors (Lipinski definition) is 0. The number of nitrogens with zero attached hydrogens (tertiary/aromatic N) is 6. The molecule has 28 heavy (non-hydrogen) atoms. The van der Waals surface area contributed by atoms with Crippen molar-refractivity contribution in [2.45, 2.75) is 32.2 Å². The second-order valence-corrected chi connectivity index (χ2v) is 7.58. The zero-order chi connectivity index (χ0) is 18.9. The van der Waals surface area contributed by atoms with Crippen LogP contribution in [0.3, 0.4) is 0 Å². The van der Waals surface area contributed by atoms with Crippen molar-refractivity contribution >= 4 is 5.82 Å². The molecular formula is C21H22N6O. The van der Waals surface area contributed by atoms with Crippen molar-refractivity contribution < 1.29 is 0 Å². The predicted octanol–water partition coefficient (Wildman–Crippen LogP) is 2.11. The van der Waals surface area contributed by atoms with Gasteiger partial charge in [0, 0.05) is 54.3 Å². The molecule has 7 nitrogen and oxygen atoms in total. The summed E-state index contributed by atoms with van der Waals surface area (Å²) in [5.41, 5.74) is 4.23. The van der Waals surface area contributed by atoms with Gasteiger partial charge >= 0.3 is 0 Å². The van der Waals surface area contributed by atoms with E-state index >= 15 is 0 Å². The van der Waals surface area contributed by atoms with Gasteiger partial charge in [-0.05, 0) is 43.9 Å². The minimum atomic E-state index is -0.0596. The number of hydrogen-bond acceptors (Lipinski definition) is 6. The van der Waals surface area contributed by atoms with Crippen LogP contribution < -0.4 is 10.5 Å². The van der Waals surface area contributed by atoms with Crippen molar-refractivity contribution in [1.29, 1.82) is 0 Å². The topological polar surface area (TPSA) is 76.8 Å². The van der Waals surface area contributed by atoms with Gasteiger partial charge in [0.2, 0.25) is 0 Å². The highest BCUT2D eigenvalue weighted by Gasteiger charge is 2.31. The second kappa shape index (κ2) is 7.14. The minimum Gasteiger partial charge on any atom is -0.355 e. The van der Waals surface area contributed by atoms with E-state index in [2.05, 4.69) is 25.0 Å². The summed E-state index contributed by atoms with van der Waals surface area (Å²) in [4.78, 5) is 27.6. The number of rotatable bonds is 4. The van der Waals surface area contributed by atoms with Crippen molar-refractivity contribution in [1.82, 2.24) is 24.7 Å². The van der Waals surface area contributed by atoms with E-state index in [1.54, 1.807) is 35.5 Å². The summed E-state index contributed by atoms with van der Waals surface area (Å²) in [6.07, 6.45) is 9.72. The van der Waals surface area contributed by atoms with E-state index in [0.29, 0.717) is 12.5 Å². The van der Waals surface area contributed by atoms with E-state index in [1.165, 1.54) is 24.1 Å². The number of anilines is 1. The van der Waals surface area contributed by atoms with Gasteiger partial charge in [-0.25, -0.2) is 14.6 Å². The molecule has 7 heteroatoms. The van der Waals surface area contributed by atoms with E-state index in [4.69, 9.17) is 0 Å². The number of fused-ring (bicyclic) bond motifs is 1. The Balaban J connectivity index is 1.30. The summed E-state index contributed by atoms with van der Waals surface area (Å²) < 4.78 is 1.59. The van der Waals surface area contributed by atoms with Crippen LogP contribution in [0.1, 0.15) is 24.1 Å². The molecule has 142 valence electrons. The smallest absolute Gasteiger partial charge is 0.266 e. The van der Waals surface area contributed by atoms with Gasteiger partial charge in [0.25, 0.3) is 5.56 Å². The molecule has 0 amide bonds. The zero-order valence-corrected chi connectivity index (χ0v) is 15.7. The van der Waals surface area contributed by atoms with Crippen molar-refractivity contribution in [3.63, 3.8) is 0 Å². The van der Waals surface area contributed by atoms with Crippen molar-refractivity contribution in [3.05, 3.63) is 64.6 Å². The Morgan fingerprint density at radius 2 is 1.82 bits per heavy atom.